The van der Waals surface area contributed by atoms with Crippen molar-refractivity contribution in [3.8, 4) is 0 Å². The Morgan fingerprint density at radius 2 is 1.96 bits per heavy atom. The normalized spacial score (nSPS) is 16.3. The third-order valence-corrected chi connectivity index (χ3v) is 5.61. The number of carbonyl (C=O) groups is 1. The molecule has 0 radical (unpaired) electrons. The molecule has 0 bridgehead atoms. The van der Waals surface area contributed by atoms with Gasteiger partial charge in [-0.25, -0.2) is 9.78 Å². The topological polar surface area (TPSA) is 67.2 Å². The Hall–Kier alpha value is -2.37. The van der Waals surface area contributed by atoms with Gasteiger partial charge in [0.15, 0.2) is 0 Å². The van der Waals surface area contributed by atoms with Crippen molar-refractivity contribution in [1.82, 2.24) is 19.8 Å². The largest absolute Gasteiger partial charge is 0.335 e. The Morgan fingerprint density at radius 1 is 1.26 bits per heavy atom. The lowest BCUT2D eigenvalue weighted by Gasteiger charge is -2.31. The quantitative estimate of drug-likeness (QED) is 0.869. The van der Waals surface area contributed by atoms with Crippen molar-refractivity contribution < 1.29 is 4.79 Å². The number of benzene rings is 1. The van der Waals surface area contributed by atoms with Gasteiger partial charge in [0.1, 0.15) is 5.82 Å². The van der Waals surface area contributed by atoms with Crippen LogP contribution in [0.2, 0.25) is 0 Å². The minimum Gasteiger partial charge on any atom is -0.335 e. The molecule has 6 heteroatoms. The average molecular weight is 370 g/mol. The van der Waals surface area contributed by atoms with Gasteiger partial charge in [0.25, 0.3) is 5.56 Å². The molecule has 0 aliphatic heterocycles. The Morgan fingerprint density at radius 3 is 2.63 bits per heavy atom. The second kappa shape index (κ2) is 8.55. The van der Waals surface area contributed by atoms with Crippen LogP contribution in [-0.4, -0.2) is 33.6 Å². The zero-order valence-electron chi connectivity index (χ0n) is 16.6. The summed E-state index contributed by atoms with van der Waals surface area (Å²) in [4.78, 5) is 32.2. The third-order valence-electron chi connectivity index (χ3n) is 5.61. The van der Waals surface area contributed by atoms with E-state index in [0.717, 1.165) is 12.8 Å². The predicted molar refractivity (Wildman–Crippen MR) is 108 cm³/mol. The summed E-state index contributed by atoms with van der Waals surface area (Å²) in [5.41, 5.74) is 0.638. The van der Waals surface area contributed by atoms with Crippen LogP contribution < -0.4 is 10.9 Å². The molecule has 1 N–H and O–H groups in total. The number of carbonyl (C=O) groups excluding carboxylic acids is 1. The Bertz CT molecular complexity index is 855. The van der Waals surface area contributed by atoms with Crippen molar-refractivity contribution in [2.75, 3.05) is 7.05 Å². The third kappa shape index (κ3) is 3.99. The van der Waals surface area contributed by atoms with E-state index in [4.69, 9.17) is 4.98 Å². The van der Waals surface area contributed by atoms with E-state index in [9.17, 15) is 9.59 Å². The summed E-state index contributed by atoms with van der Waals surface area (Å²) >= 11 is 0. The molecule has 1 fully saturated rings. The monoisotopic (exact) mass is 370 g/mol. The molecule has 3 rings (SSSR count). The van der Waals surface area contributed by atoms with Crippen LogP contribution >= 0.6 is 0 Å². The highest BCUT2D eigenvalue weighted by Gasteiger charge is 2.27. The highest BCUT2D eigenvalue weighted by molar-refractivity contribution is 5.78. The maximum absolute atomic E-state index is 12.9. The number of para-hydroxylation sites is 1. The molecule has 27 heavy (non-hydrogen) atoms. The molecule has 0 saturated heterocycles. The Balaban J connectivity index is 1.92. The number of fused-ring (bicyclic) bond motifs is 1. The van der Waals surface area contributed by atoms with E-state index in [0.29, 0.717) is 29.7 Å². The summed E-state index contributed by atoms with van der Waals surface area (Å²) in [7, 11) is 1.80. The fourth-order valence-corrected chi connectivity index (χ4v) is 4.04. The first-order valence-corrected chi connectivity index (χ1v) is 10.1. The molecular weight excluding hydrogens is 340 g/mol. The first-order chi connectivity index (χ1) is 13.1. The van der Waals surface area contributed by atoms with E-state index in [1.165, 1.54) is 19.3 Å². The van der Waals surface area contributed by atoms with Gasteiger partial charge in [0.2, 0.25) is 0 Å². The van der Waals surface area contributed by atoms with Crippen LogP contribution in [0.5, 0.6) is 0 Å². The minimum absolute atomic E-state index is 0.0439. The fourth-order valence-electron chi connectivity index (χ4n) is 4.04. The van der Waals surface area contributed by atoms with E-state index < -0.39 is 0 Å². The lowest BCUT2D eigenvalue weighted by molar-refractivity contribution is 0.177. The van der Waals surface area contributed by atoms with Crippen molar-refractivity contribution in [2.45, 2.75) is 71.0 Å². The first-order valence-electron chi connectivity index (χ1n) is 10.1. The van der Waals surface area contributed by atoms with Crippen LogP contribution in [0.15, 0.2) is 29.1 Å². The highest BCUT2D eigenvalue weighted by Crippen LogP contribution is 2.23. The lowest BCUT2D eigenvalue weighted by Crippen LogP contribution is -2.46. The number of hydrogen-bond acceptors (Lipinski definition) is 3. The SMILES string of the molecule is CCC(c1nc2ccccc2c(=O)n1CC)N(C)C(=O)NC1CCCCC1. The van der Waals surface area contributed by atoms with Crippen LogP contribution in [0.3, 0.4) is 0 Å². The summed E-state index contributed by atoms with van der Waals surface area (Å²) in [5, 5.41) is 3.78. The fraction of sp³-hybridized carbons (Fsp3) is 0.571. The van der Waals surface area contributed by atoms with Crippen LogP contribution in [-0.2, 0) is 6.54 Å². The van der Waals surface area contributed by atoms with E-state index in [1.54, 1.807) is 22.6 Å². The van der Waals surface area contributed by atoms with Gasteiger partial charge in [-0.2, -0.15) is 0 Å². The number of nitrogens with zero attached hydrogens (tertiary/aromatic N) is 3. The van der Waals surface area contributed by atoms with Crippen molar-refractivity contribution in [2.24, 2.45) is 0 Å². The van der Waals surface area contributed by atoms with Crippen LogP contribution in [0.25, 0.3) is 10.9 Å². The van der Waals surface area contributed by atoms with Gasteiger partial charge < -0.3 is 10.2 Å². The van der Waals surface area contributed by atoms with E-state index >= 15 is 0 Å². The number of urea groups is 1. The van der Waals surface area contributed by atoms with Gasteiger partial charge >= 0.3 is 6.03 Å². The van der Waals surface area contributed by atoms with Gasteiger partial charge in [-0.1, -0.05) is 38.3 Å². The second-order valence-corrected chi connectivity index (χ2v) is 7.36. The predicted octanol–water partition coefficient (Wildman–Crippen LogP) is 3.84. The smallest absolute Gasteiger partial charge is 0.317 e. The van der Waals surface area contributed by atoms with Crippen molar-refractivity contribution >= 4 is 16.9 Å². The molecule has 6 nitrogen and oxygen atoms in total. The maximum Gasteiger partial charge on any atom is 0.317 e. The standard InChI is InChI=1S/C21H30N4O2/c1-4-18(24(3)21(27)22-15-11-7-6-8-12-15)19-23-17-14-10-9-13-16(17)20(26)25(19)5-2/h9-10,13-15,18H,4-8,11-12H2,1-3H3,(H,22,27). The van der Waals surface area contributed by atoms with Gasteiger partial charge in [-0.15, -0.1) is 0 Å². The minimum atomic E-state index is -0.245. The molecule has 1 aromatic carbocycles. The van der Waals surface area contributed by atoms with Crippen molar-refractivity contribution in [1.29, 1.82) is 0 Å². The molecule has 1 heterocycles. The van der Waals surface area contributed by atoms with E-state index in [1.807, 2.05) is 32.0 Å². The summed E-state index contributed by atoms with van der Waals surface area (Å²) in [6, 6.07) is 7.33. The maximum atomic E-state index is 12.9. The number of rotatable bonds is 5. The van der Waals surface area contributed by atoms with Crippen molar-refractivity contribution in [3.63, 3.8) is 0 Å². The average Bonchev–Trinajstić information content (AvgIpc) is 2.69. The molecule has 1 aliphatic rings. The molecule has 1 aliphatic carbocycles. The molecule has 2 amide bonds. The molecule has 146 valence electrons. The lowest BCUT2D eigenvalue weighted by atomic mass is 9.96. The summed E-state index contributed by atoms with van der Waals surface area (Å²) < 4.78 is 1.70. The van der Waals surface area contributed by atoms with Crippen LogP contribution in [0.1, 0.15) is 64.2 Å². The molecular formula is C21H30N4O2. The molecule has 2 aromatic rings. The zero-order chi connectivity index (χ0) is 19.4. The molecule has 1 atom stereocenters. The van der Waals surface area contributed by atoms with Crippen LogP contribution in [0.4, 0.5) is 4.79 Å². The van der Waals surface area contributed by atoms with Crippen LogP contribution in [0, 0.1) is 0 Å². The number of hydrogen-bond donors (Lipinski definition) is 1. The second-order valence-electron chi connectivity index (χ2n) is 7.36. The highest BCUT2D eigenvalue weighted by atomic mass is 16.2. The zero-order valence-corrected chi connectivity index (χ0v) is 16.6. The summed E-state index contributed by atoms with van der Waals surface area (Å²) in [6.07, 6.45) is 6.39. The number of nitrogens with one attached hydrogen (secondary N) is 1. The first kappa shape index (κ1) is 19.4. The molecule has 1 unspecified atom stereocenters. The number of aromatic nitrogens is 2. The Labute approximate surface area is 160 Å². The summed E-state index contributed by atoms with van der Waals surface area (Å²) in [5.74, 6) is 0.657. The van der Waals surface area contributed by atoms with Gasteiger partial charge in [0, 0.05) is 19.6 Å². The molecule has 1 saturated carbocycles. The van der Waals surface area contributed by atoms with Gasteiger partial charge in [-0.05, 0) is 38.3 Å². The van der Waals surface area contributed by atoms with Gasteiger partial charge in [-0.3, -0.25) is 9.36 Å². The number of amides is 2. The summed E-state index contributed by atoms with van der Waals surface area (Å²) in [6.45, 7) is 4.49. The molecule has 0 spiro atoms. The van der Waals surface area contributed by atoms with Crippen molar-refractivity contribution in [3.05, 3.63) is 40.4 Å². The van der Waals surface area contributed by atoms with E-state index in [-0.39, 0.29) is 23.7 Å². The van der Waals surface area contributed by atoms with Gasteiger partial charge in [0.05, 0.1) is 16.9 Å². The Kier molecular flexibility index (Phi) is 6.14. The molecule has 1 aromatic heterocycles. The van der Waals surface area contributed by atoms with E-state index in [2.05, 4.69) is 5.32 Å².